The van der Waals surface area contributed by atoms with Crippen LogP contribution in [0, 0.1) is 12.1 Å². The van der Waals surface area contributed by atoms with Gasteiger partial charge < -0.3 is 4.90 Å². The molecule has 0 fully saturated rings. The third-order valence-electron chi connectivity index (χ3n) is 2.68. The molecular formula is C16H13NO2W. The first-order valence-electron chi connectivity index (χ1n) is 5.89. The number of Topliss-reactive ketones (excluding diaryl/α,β-unsaturated/α-hetero) is 1. The summed E-state index contributed by atoms with van der Waals surface area (Å²) in [5.41, 5.74) is 1.73. The van der Waals surface area contributed by atoms with Gasteiger partial charge in [0, 0.05) is 6.92 Å². The van der Waals surface area contributed by atoms with Crippen LogP contribution >= 0.6 is 0 Å². The van der Waals surface area contributed by atoms with E-state index in [4.69, 9.17) is 0 Å². The van der Waals surface area contributed by atoms with E-state index >= 15 is 0 Å². The number of anilines is 2. The minimum absolute atomic E-state index is 0. The van der Waals surface area contributed by atoms with Crippen LogP contribution in [0.3, 0.4) is 0 Å². The molecule has 0 N–H and O–H groups in total. The van der Waals surface area contributed by atoms with Gasteiger partial charge in [-0.25, -0.2) is 0 Å². The van der Waals surface area contributed by atoms with Crippen molar-refractivity contribution in [2.75, 3.05) is 4.90 Å². The molecule has 0 radical (unpaired) electrons. The van der Waals surface area contributed by atoms with Gasteiger partial charge >= 0.3 is 21.1 Å². The van der Waals surface area contributed by atoms with E-state index in [0.29, 0.717) is 16.9 Å². The maximum atomic E-state index is 11.8. The molecule has 0 heterocycles. The van der Waals surface area contributed by atoms with Crippen molar-refractivity contribution >= 4 is 23.1 Å². The monoisotopic (exact) mass is 435 g/mol. The normalized spacial score (nSPS) is 9.50. The van der Waals surface area contributed by atoms with E-state index in [1.54, 1.807) is 30.3 Å². The van der Waals surface area contributed by atoms with Crippen molar-refractivity contribution in [3.63, 3.8) is 0 Å². The molecule has 0 saturated heterocycles. The SMILES string of the molecule is CC(=O)c1cc[c-]c(N(C(C)=O)c2[c-]cccc2)c1.[W+2]. The number of carbonyl (C=O) groups is 2. The maximum Gasteiger partial charge on any atom is 2.00 e. The summed E-state index contributed by atoms with van der Waals surface area (Å²) < 4.78 is 0. The Morgan fingerprint density at radius 1 is 1.00 bits per heavy atom. The maximum absolute atomic E-state index is 11.8. The molecular weight excluding hydrogens is 422 g/mol. The first-order valence-corrected chi connectivity index (χ1v) is 5.89. The zero-order chi connectivity index (χ0) is 13.8. The summed E-state index contributed by atoms with van der Waals surface area (Å²) in [5.74, 6) is -0.199. The first-order chi connectivity index (χ1) is 9.09. The van der Waals surface area contributed by atoms with Gasteiger partial charge in [-0.05, 0) is 6.92 Å². The largest absolute Gasteiger partial charge is 2.00 e. The van der Waals surface area contributed by atoms with E-state index in [0.717, 1.165) is 0 Å². The Morgan fingerprint density at radius 3 is 2.25 bits per heavy atom. The summed E-state index contributed by atoms with van der Waals surface area (Å²) in [7, 11) is 0. The van der Waals surface area contributed by atoms with Crippen LogP contribution in [0.1, 0.15) is 24.2 Å². The van der Waals surface area contributed by atoms with Crippen LogP contribution in [-0.4, -0.2) is 11.7 Å². The van der Waals surface area contributed by atoms with Crippen molar-refractivity contribution in [2.45, 2.75) is 13.8 Å². The molecule has 2 aromatic carbocycles. The molecule has 0 unspecified atom stereocenters. The summed E-state index contributed by atoms with van der Waals surface area (Å²) in [5, 5.41) is 0. The van der Waals surface area contributed by atoms with E-state index < -0.39 is 0 Å². The number of nitrogens with zero attached hydrogens (tertiary/aromatic N) is 1. The molecule has 0 bridgehead atoms. The van der Waals surface area contributed by atoms with Crippen LogP contribution in [0.2, 0.25) is 0 Å². The second-order valence-electron chi connectivity index (χ2n) is 4.12. The van der Waals surface area contributed by atoms with Crippen LogP contribution in [0.15, 0.2) is 42.5 Å². The quantitative estimate of drug-likeness (QED) is 0.549. The molecule has 20 heavy (non-hydrogen) atoms. The van der Waals surface area contributed by atoms with Gasteiger partial charge in [0.05, 0.1) is 0 Å². The summed E-state index contributed by atoms with van der Waals surface area (Å²) in [4.78, 5) is 24.7. The molecule has 0 aliphatic carbocycles. The summed E-state index contributed by atoms with van der Waals surface area (Å²) >= 11 is 0. The van der Waals surface area contributed by atoms with Gasteiger partial charge in [0.1, 0.15) is 5.78 Å². The standard InChI is InChI=1S/C16H13NO2.W/c1-12(18)14-7-6-10-16(11-14)17(13(2)19)15-8-4-3-5-9-15;/h3-8,11H,1-2H3;/q-2;+2. The Balaban J connectivity index is 0.00000200. The minimum atomic E-state index is -0.153. The van der Waals surface area contributed by atoms with Crippen LogP contribution in [0.4, 0.5) is 11.4 Å². The molecule has 2 aromatic rings. The molecule has 0 aromatic heterocycles. The van der Waals surface area contributed by atoms with Gasteiger partial charge in [0.25, 0.3) is 0 Å². The predicted molar refractivity (Wildman–Crippen MR) is 73.4 cm³/mol. The van der Waals surface area contributed by atoms with E-state index in [-0.39, 0.29) is 32.8 Å². The van der Waals surface area contributed by atoms with Gasteiger partial charge in [-0.3, -0.25) is 9.59 Å². The average Bonchev–Trinajstić information content (AvgIpc) is 2.40. The molecule has 1 amide bonds. The number of hydrogen-bond acceptors (Lipinski definition) is 2. The molecule has 0 aliphatic rings. The fourth-order valence-corrected chi connectivity index (χ4v) is 1.79. The van der Waals surface area contributed by atoms with Crippen LogP contribution in [0.5, 0.6) is 0 Å². The first kappa shape index (κ1) is 16.3. The van der Waals surface area contributed by atoms with E-state index in [2.05, 4.69) is 12.1 Å². The summed E-state index contributed by atoms with van der Waals surface area (Å²) in [6.07, 6.45) is 0. The number of amides is 1. The third kappa shape index (κ3) is 3.64. The Bertz CT molecular complexity index is 611. The van der Waals surface area contributed by atoms with E-state index in [9.17, 15) is 9.59 Å². The van der Waals surface area contributed by atoms with Crippen LogP contribution in [-0.2, 0) is 25.9 Å². The smallest absolute Gasteiger partial charge is 0.330 e. The molecule has 0 atom stereocenters. The zero-order valence-electron chi connectivity index (χ0n) is 11.2. The zero-order valence-corrected chi connectivity index (χ0v) is 14.1. The Morgan fingerprint density at radius 2 is 1.70 bits per heavy atom. The number of rotatable bonds is 3. The van der Waals surface area contributed by atoms with E-state index in [1.165, 1.54) is 18.7 Å². The molecule has 2 rings (SSSR count). The number of carbonyl (C=O) groups excluding carboxylic acids is 2. The molecule has 100 valence electrons. The second-order valence-corrected chi connectivity index (χ2v) is 4.12. The van der Waals surface area contributed by atoms with Crippen molar-refractivity contribution in [1.29, 1.82) is 0 Å². The Kier molecular flexibility index (Phi) is 5.84. The Labute approximate surface area is 132 Å². The van der Waals surface area contributed by atoms with Gasteiger partial charge in [-0.2, -0.15) is 42.5 Å². The number of hydrogen-bond donors (Lipinski definition) is 0. The van der Waals surface area contributed by atoms with Gasteiger partial charge in [-0.15, -0.1) is 12.1 Å². The predicted octanol–water partition coefficient (Wildman–Crippen LogP) is 3.17. The Hall–Kier alpha value is -1.73. The van der Waals surface area contributed by atoms with Crippen LogP contribution in [0.25, 0.3) is 0 Å². The molecule has 0 saturated carbocycles. The van der Waals surface area contributed by atoms with Crippen molar-refractivity contribution in [1.82, 2.24) is 0 Å². The van der Waals surface area contributed by atoms with E-state index in [1.807, 2.05) is 12.1 Å². The van der Waals surface area contributed by atoms with Gasteiger partial charge in [0.15, 0.2) is 0 Å². The van der Waals surface area contributed by atoms with Crippen molar-refractivity contribution in [2.24, 2.45) is 0 Å². The molecule has 3 nitrogen and oxygen atoms in total. The summed E-state index contributed by atoms with van der Waals surface area (Å²) in [6, 6.07) is 18.1. The van der Waals surface area contributed by atoms with Crippen molar-refractivity contribution in [3.05, 3.63) is 60.2 Å². The topological polar surface area (TPSA) is 37.4 Å². The molecule has 0 aliphatic heterocycles. The second kappa shape index (κ2) is 7.16. The molecule has 0 spiro atoms. The van der Waals surface area contributed by atoms with Gasteiger partial charge in [-0.1, -0.05) is 16.9 Å². The number of ketones is 1. The van der Waals surface area contributed by atoms with Gasteiger partial charge in [0.2, 0.25) is 5.91 Å². The van der Waals surface area contributed by atoms with Crippen molar-refractivity contribution in [3.8, 4) is 0 Å². The number of benzene rings is 2. The minimum Gasteiger partial charge on any atom is -0.330 e. The fraction of sp³-hybridized carbons (Fsp3) is 0.125. The summed E-state index contributed by atoms with van der Waals surface area (Å²) in [6.45, 7) is 2.96. The van der Waals surface area contributed by atoms with Crippen LogP contribution < -0.4 is 4.90 Å². The van der Waals surface area contributed by atoms with Crippen molar-refractivity contribution < 1.29 is 30.7 Å². The average molecular weight is 435 g/mol. The number of para-hydroxylation sites is 1. The fourth-order valence-electron chi connectivity index (χ4n) is 1.79. The third-order valence-corrected chi connectivity index (χ3v) is 2.68. The molecule has 4 heteroatoms.